The molecule has 0 unspecified atom stereocenters. The zero-order chi connectivity index (χ0) is 31.4. The lowest BCUT2D eigenvalue weighted by Gasteiger charge is -2.51. The number of hydrazine groups is 1. The average Bonchev–Trinajstić information content (AvgIpc) is 3.18. The van der Waals surface area contributed by atoms with Gasteiger partial charge in [-0.1, -0.05) is 60.7 Å². The van der Waals surface area contributed by atoms with Crippen LogP contribution in [0.25, 0.3) is 0 Å². The third-order valence-corrected chi connectivity index (χ3v) is 7.70. The van der Waals surface area contributed by atoms with E-state index in [9.17, 15) is 19.2 Å². The Balaban J connectivity index is 1.35. The summed E-state index contributed by atoms with van der Waals surface area (Å²) in [5.74, 6) is -2.09. The molecular weight excluding hydrogens is 572 g/mol. The van der Waals surface area contributed by atoms with Crippen LogP contribution in [0.4, 0.5) is 9.59 Å². The van der Waals surface area contributed by atoms with Crippen molar-refractivity contribution in [1.29, 1.82) is 0 Å². The van der Waals surface area contributed by atoms with E-state index in [4.69, 9.17) is 23.8 Å². The fourth-order valence-electron chi connectivity index (χ4n) is 6.01. The van der Waals surface area contributed by atoms with Gasteiger partial charge in [-0.25, -0.2) is 19.4 Å². The van der Waals surface area contributed by atoms with Crippen molar-refractivity contribution in [2.75, 3.05) is 0 Å². The molecule has 0 aromatic heterocycles. The van der Waals surface area contributed by atoms with Gasteiger partial charge in [-0.05, 0) is 45.7 Å². The Bertz CT molecular complexity index is 1430. The minimum absolute atomic E-state index is 0.0262. The molecule has 5 aliphatic rings. The SMILES string of the molecule is CC(C)(C)OC(=O)N1[C@@H]2ON(C(=O)OCc3ccccc3)[C@H]([C@@H]3OC(C)(C)O[C@H]32)[C@@H]2[C@H](NC(=O)Cc3ccccc3)C(=O)N21. The number of rotatable bonds is 5. The average molecular weight is 609 g/mol. The van der Waals surface area contributed by atoms with E-state index in [0.29, 0.717) is 0 Å². The number of carbonyl (C=O) groups excluding carboxylic acids is 4. The van der Waals surface area contributed by atoms with Gasteiger partial charge in [0.15, 0.2) is 5.79 Å². The first-order valence-corrected chi connectivity index (χ1v) is 14.5. The zero-order valence-corrected chi connectivity index (χ0v) is 25.2. The number of hydrogen-bond donors (Lipinski definition) is 1. The second-order valence-corrected chi connectivity index (χ2v) is 12.6. The molecule has 4 amide bonds. The largest absolute Gasteiger partial charge is 0.443 e. The third kappa shape index (κ3) is 5.58. The minimum Gasteiger partial charge on any atom is -0.443 e. The van der Waals surface area contributed by atoms with E-state index in [1.807, 2.05) is 48.5 Å². The molecule has 0 radical (unpaired) electrons. The molecule has 7 rings (SSSR count). The van der Waals surface area contributed by atoms with Crippen LogP contribution in [0.1, 0.15) is 45.7 Å². The molecule has 5 fully saturated rings. The highest BCUT2D eigenvalue weighted by molar-refractivity contribution is 5.95. The van der Waals surface area contributed by atoms with Crippen LogP contribution in [0.15, 0.2) is 60.7 Å². The van der Waals surface area contributed by atoms with E-state index >= 15 is 0 Å². The van der Waals surface area contributed by atoms with E-state index in [1.165, 1.54) is 5.01 Å². The van der Waals surface area contributed by atoms with Crippen molar-refractivity contribution in [1.82, 2.24) is 20.4 Å². The monoisotopic (exact) mass is 608 g/mol. The van der Waals surface area contributed by atoms with Gasteiger partial charge >= 0.3 is 12.2 Å². The molecule has 5 heterocycles. The van der Waals surface area contributed by atoms with Crippen LogP contribution in [0, 0.1) is 0 Å². The number of hydroxylamine groups is 2. The summed E-state index contributed by atoms with van der Waals surface area (Å²) in [6.45, 7) is 8.44. The maximum atomic E-state index is 13.8. The summed E-state index contributed by atoms with van der Waals surface area (Å²) < 4.78 is 23.8. The van der Waals surface area contributed by atoms with E-state index < -0.39 is 72.0 Å². The van der Waals surface area contributed by atoms with Crippen LogP contribution >= 0.6 is 0 Å². The molecule has 234 valence electrons. The maximum absolute atomic E-state index is 13.8. The Kier molecular flexibility index (Phi) is 7.50. The van der Waals surface area contributed by atoms with E-state index in [0.717, 1.165) is 21.2 Å². The molecule has 0 spiro atoms. The predicted molar refractivity (Wildman–Crippen MR) is 152 cm³/mol. The number of amides is 4. The Labute approximate surface area is 254 Å². The summed E-state index contributed by atoms with van der Waals surface area (Å²) >= 11 is 0. The first kappa shape index (κ1) is 29.9. The highest BCUT2D eigenvalue weighted by atomic mass is 16.8. The molecule has 44 heavy (non-hydrogen) atoms. The summed E-state index contributed by atoms with van der Waals surface area (Å²) in [5, 5.41) is 6.03. The number of ether oxygens (including phenoxy) is 4. The molecule has 1 N–H and O–H groups in total. The molecule has 6 atom stereocenters. The van der Waals surface area contributed by atoms with Gasteiger partial charge in [0.1, 0.15) is 42.5 Å². The van der Waals surface area contributed by atoms with Gasteiger partial charge < -0.3 is 24.3 Å². The highest BCUT2D eigenvalue weighted by Crippen LogP contribution is 2.48. The molecule has 5 aliphatic heterocycles. The fraction of sp³-hybridized carbons (Fsp3) is 0.484. The highest BCUT2D eigenvalue weighted by Gasteiger charge is 2.72. The van der Waals surface area contributed by atoms with Crippen LogP contribution in [0.3, 0.4) is 0 Å². The van der Waals surface area contributed by atoms with Crippen molar-refractivity contribution < 1.29 is 43.0 Å². The van der Waals surface area contributed by atoms with Crippen molar-refractivity contribution in [3.05, 3.63) is 71.8 Å². The standard InChI is InChI=1S/C31H36N4O9/c1-30(2,3)43-28(38)34-27-25-24(41-31(4,5)42-25)23(35(44-27)29(39)40-17-19-14-10-7-11-15-19)22-21(26(37)33(22)34)32-20(36)16-18-12-8-6-9-13-18/h6-15,21-25,27H,16-17H2,1-5H3,(H,32,36)/t21-,22-,23-,24-,25+,27+/m0/s1. The topological polar surface area (TPSA) is 136 Å². The van der Waals surface area contributed by atoms with Crippen molar-refractivity contribution in [2.45, 2.75) is 95.6 Å². The van der Waals surface area contributed by atoms with E-state index in [2.05, 4.69) is 5.32 Å². The molecule has 2 aromatic carbocycles. The third-order valence-electron chi connectivity index (χ3n) is 7.70. The lowest BCUT2D eigenvalue weighted by Crippen LogP contribution is -2.79. The lowest BCUT2D eigenvalue weighted by molar-refractivity contribution is -0.290. The van der Waals surface area contributed by atoms with E-state index in [1.54, 1.807) is 46.8 Å². The molecule has 2 bridgehead atoms. The Morgan fingerprint density at radius 2 is 1.50 bits per heavy atom. The zero-order valence-electron chi connectivity index (χ0n) is 25.2. The van der Waals surface area contributed by atoms with Crippen LogP contribution in [-0.2, 0) is 46.4 Å². The number of β-lactam (4-membered cyclic amide) rings is 1. The van der Waals surface area contributed by atoms with Crippen molar-refractivity contribution >= 4 is 24.0 Å². The number of nitrogens with zero attached hydrogens (tertiary/aromatic N) is 3. The first-order valence-electron chi connectivity index (χ1n) is 14.5. The fourth-order valence-corrected chi connectivity index (χ4v) is 6.01. The van der Waals surface area contributed by atoms with Gasteiger partial charge in [0.25, 0.3) is 5.91 Å². The number of carbonyl (C=O) groups is 4. The van der Waals surface area contributed by atoms with Crippen molar-refractivity contribution in [3.8, 4) is 0 Å². The van der Waals surface area contributed by atoms with Gasteiger partial charge in [-0.2, -0.15) is 10.1 Å². The van der Waals surface area contributed by atoms with Gasteiger partial charge in [-0.15, -0.1) is 0 Å². The number of nitrogens with one attached hydrogen (secondary N) is 1. The summed E-state index contributed by atoms with van der Waals surface area (Å²) in [6, 6.07) is 15.1. The van der Waals surface area contributed by atoms with Crippen LogP contribution in [0.2, 0.25) is 0 Å². The van der Waals surface area contributed by atoms with Crippen LogP contribution in [-0.4, -0.2) is 87.0 Å². The molecule has 2 aromatic rings. The summed E-state index contributed by atoms with van der Waals surface area (Å²) in [5.41, 5.74) is 0.588. The number of hydrogen-bond acceptors (Lipinski definition) is 9. The molecule has 0 aliphatic carbocycles. The van der Waals surface area contributed by atoms with Crippen molar-refractivity contribution in [3.63, 3.8) is 0 Å². The van der Waals surface area contributed by atoms with E-state index in [-0.39, 0.29) is 13.0 Å². The molecule has 0 saturated carbocycles. The molecule has 13 nitrogen and oxygen atoms in total. The van der Waals surface area contributed by atoms with Gasteiger partial charge in [0, 0.05) is 0 Å². The quantitative estimate of drug-likeness (QED) is 0.508. The molecular formula is C31H36N4O9. The molecule has 13 heteroatoms. The summed E-state index contributed by atoms with van der Waals surface area (Å²) in [6.07, 6.45) is -4.79. The lowest BCUT2D eigenvalue weighted by atomic mass is 9.85. The molecule has 5 saturated heterocycles. The maximum Gasteiger partial charge on any atom is 0.434 e. The second kappa shape index (κ2) is 11.1. The minimum atomic E-state index is -1.33. The predicted octanol–water partition coefficient (Wildman–Crippen LogP) is 2.89. The normalized spacial score (nSPS) is 28.4. The van der Waals surface area contributed by atoms with Gasteiger partial charge in [0.05, 0.1) is 6.42 Å². The first-order chi connectivity index (χ1) is 20.8. The number of benzene rings is 2. The Hall–Kier alpha value is -4.20. The van der Waals surface area contributed by atoms with Crippen molar-refractivity contribution in [2.24, 2.45) is 0 Å². The second-order valence-electron chi connectivity index (χ2n) is 12.6. The van der Waals surface area contributed by atoms with Gasteiger partial charge in [0.2, 0.25) is 12.1 Å². The Morgan fingerprint density at radius 3 is 2.14 bits per heavy atom. The summed E-state index contributed by atoms with van der Waals surface area (Å²) in [4.78, 5) is 60.4. The van der Waals surface area contributed by atoms with Crippen LogP contribution in [0.5, 0.6) is 0 Å². The Morgan fingerprint density at radius 1 is 0.886 bits per heavy atom. The van der Waals surface area contributed by atoms with Crippen LogP contribution < -0.4 is 5.32 Å². The number of fused-ring (bicyclic) bond motifs is 1. The smallest absolute Gasteiger partial charge is 0.434 e. The van der Waals surface area contributed by atoms with Gasteiger partial charge in [-0.3, -0.25) is 9.59 Å². The summed E-state index contributed by atoms with van der Waals surface area (Å²) in [7, 11) is 0.